The Morgan fingerprint density at radius 1 is 0.308 bits per heavy atom. The molecule has 0 saturated heterocycles. The maximum Gasteiger partial charge on any atom is 0.668 e. The maximum absolute atomic E-state index is 6.49. The van der Waals surface area contributed by atoms with Crippen molar-refractivity contribution in [1.82, 2.24) is 0 Å². The number of benzene rings is 3. The van der Waals surface area contributed by atoms with Crippen molar-refractivity contribution in [2.24, 2.45) is 0 Å². The Kier molecular flexibility index (Phi) is 16.3. The fraction of sp³-hybridized carbons (Fsp3) is 0.455. The minimum Gasteiger partial charge on any atom is -0.390 e. The van der Waals surface area contributed by atoms with E-state index in [9.17, 15) is 0 Å². The standard InChI is InChI=1S/C33H57O12PSi6/c1-34-50(35-2,36-3)43-47(10,11)31-22-16-28(17-23-31)46(29-18-24-32(25-19-29)48(12,13)44-51(37-4,38-5)39-6)30-20-26-33(27-21-30)49(14,15)45-52(40-7,41-8)42-9/h16-27H,1-15H3. The van der Waals surface area contributed by atoms with Gasteiger partial charge in [-0.2, -0.15) is 0 Å². The molecule has 0 saturated carbocycles. The highest BCUT2D eigenvalue weighted by atomic mass is 31.1. The van der Waals surface area contributed by atoms with Gasteiger partial charge in [-0.05, 0) is 78.7 Å². The van der Waals surface area contributed by atoms with Crippen molar-refractivity contribution in [3.05, 3.63) is 72.8 Å². The van der Waals surface area contributed by atoms with Crippen LogP contribution in [0.5, 0.6) is 0 Å². The van der Waals surface area contributed by atoms with E-state index >= 15 is 0 Å². The first-order valence-corrected chi connectivity index (χ1v) is 31.6. The first-order chi connectivity index (χ1) is 24.4. The van der Waals surface area contributed by atoms with Crippen LogP contribution in [0.4, 0.5) is 0 Å². The SMILES string of the molecule is CO[Si](OC)(OC)O[Si](C)(C)c1ccc(P(c2ccc([Si](C)(C)O[Si](OC)(OC)OC)cc2)c2ccc([Si](C)(C)O[Si](OC)(OC)OC)cc2)cc1. The molecule has 12 nitrogen and oxygen atoms in total. The molecule has 290 valence electrons. The van der Waals surface area contributed by atoms with Crippen LogP contribution in [-0.4, -0.2) is 116 Å². The van der Waals surface area contributed by atoms with Crippen molar-refractivity contribution in [3.8, 4) is 0 Å². The second-order valence-electron chi connectivity index (χ2n) is 13.2. The van der Waals surface area contributed by atoms with Crippen LogP contribution in [0.15, 0.2) is 72.8 Å². The first-order valence-electron chi connectivity index (χ1n) is 16.6. The Morgan fingerprint density at radius 3 is 0.635 bits per heavy atom. The van der Waals surface area contributed by atoms with Crippen molar-refractivity contribution in [1.29, 1.82) is 0 Å². The van der Waals surface area contributed by atoms with Gasteiger partial charge in [0.1, 0.15) is 0 Å². The van der Waals surface area contributed by atoms with Gasteiger partial charge in [-0.3, -0.25) is 0 Å². The molecule has 52 heavy (non-hydrogen) atoms. The Bertz CT molecular complexity index is 1330. The summed E-state index contributed by atoms with van der Waals surface area (Å²) in [5.74, 6) is 0. The van der Waals surface area contributed by atoms with E-state index in [-0.39, 0.29) is 0 Å². The van der Waals surface area contributed by atoms with Crippen LogP contribution in [0.3, 0.4) is 0 Å². The smallest absolute Gasteiger partial charge is 0.390 e. The molecule has 0 amide bonds. The quantitative estimate of drug-likeness (QED) is 0.116. The Labute approximate surface area is 318 Å². The minimum atomic E-state index is -3.25. The monoisotopic (exact) mass is 844 g/mol. The summed E-state index contributed by atoms with van der Waals surface area (Å²) in [6, 6.07) is 26.1. The molecule has 0 bridgehead atoms. The fourth-order valence-electron chi connectivity index (χ4n) is 5.72. The molecule has 0 heterocycles. The Morgan fingerprint density at radius 2 is 0.481 bits per heavy atom. The van der Waals surface area contributed by atoms with Gasteiger partial charge in [-0.25, -0.2) is 0 Å². The molecular weight excluding hydrogens is 788 g/mol. The molecule has 0 spiro atoms. The predicted octanol–water partition coefficient (Wildman–Crippen LogP) is 2.86. The molecule has 3 aromatic rings. The highest BCUT2D eigenvalue weighted by Gasteiger charge is 2.50. The van der Waals surface area contributed by atoms with Crippen molar-refractivity contribution in [3.63, 3.8) is 0 Å². The van der Waals surface area contributed by atoms with Gasteiger partial charge in [-0.1, -0.05) is 72.8 Å². The molecule has 0 N–H and O–H groups in total. The molecule has 0 radical (unpaired) electrons. The van der Waals surface area contributed by atoms with E-state index in [1.165, 1.54) is 15.9 Å². The third-order valence-corrected chi connectivity index (χ3v) is 30.1. The van der Waals surface area contributed by atoms with Gasteiger partial charge in [0.15, 0.2) is 0 Å². The van der Waals surface area contributed by atoms with Gasteiger partial charge < -0.3 is 52.2 Å². The topological polar surface area (TPSA) is 111 Å². The zero-order chi connectivity index (χ0) is 39.0. The van der Waals surface area contributed by atoms with E-state index in [1.807, 2.05) is 0 Å². The lowest BCUT2D eigenvalue weighted by Crippen LogP contribution is -2.59. The van der Waals surface area contributed by atoms with Crippen LogP contribution in [-0.2, 0) is 52.2 Å². The fourth-order valence-corrected chi connectivity index (χ4v) is 24.3. The largest absolute Gasteiger partial charge is 0.668 e. The molecule has 19 heteroatoms. The molecule has 3 aromatic carbocycles. The Balaban J connectivity index is 2.09. The lowest BCUT2D eigenvalue weighted by atomic mass is 10.3. The molecule has 0 atom stereocenters. The van der Waals surface area contributed by atoms with Crippen molar-refractivity contribution in [2.45, 2.75) is 39.3 Å². The first kappa shape index (κ1) is 45.3. The van der Waals surface area contributed by atoms with E-state index in [2.05, 4.69) is 112 Å². The van der Waals surface area contributed by atoms with Gasteiger partial charge in [0.05, 0.1) is 0 Å². The van der Waals surface area contributed by atoms with E-state index < -0.39 is 60.0 Å². The second-order valence-corrected chi connectivity index (χ2v) is 35.3. The maximum atomic E-state index is 6.49. The zero-order valence-electron chi connectivity index (χ0n) is 33.3. The van der Waals surface area contributed by atoms with Crippen molar-refractivity contribution >= 4 is 91.5 Å². The molecule has 0 aromatic heterocycles. The number of hydrogen-bond donors (Lipinski definition) is 0. The minimum absolute atomic E-state index is 0.971. The van der Waals surface area contributed by atoms with E-state index in [1.54, 1.807) is 64.0 Å². The second kappa shape index (κ2) is 18.7. The van der Waals surface area contributed by atoms with Crippen molar-refractivity contribution < 1.29 is 52.2 Å². The lowest BCUT2D eigenvalue weighted by molar-refractivity contribution is 0.0482. The summed E-state index contributed by atoms with van der Waals surface area (Å²) in [6.07, 6.45) is 0. The van der Waals surface area contributed by atoms with Crippen LogP contribution in [0.1, 0.15) is 0 Å². The predicted molar refractivity (Wildman–Crippen MR) is 220 cm³/mol. The van der Waals surface area contributed by atoms with Crippen LogP contribution >= 0.6 is 7.92 Å². The molecule has 3 rings (SSSR count). The molecule has 0 aliphatic carbocycles. The van der Waals surface area contributed by atoms with E-state index in [4.69, 9.17) is 52.2 Å². The van der Waals surface area contributed by atoms with Crippen LogP contribution < -0.4 is 31.5 Å². The third-order valence-electron chi connectivity index (χ3n) is 8.85. The summed E-state index contributed by atoms with van der Waals surface area (Å²) < 4.78 is 69.8. The van der Waals surface area contributed by atoms with Gasteiger partial charge in [0, 0.05) is 64.0 Å². The van der Waals surface area contributed by atoms with Crippen LogP contribution in [0, 0.1) is 0 Å². The molecular formula is C33H57O12PSi6. The molecule has 0 unspecified atom stereocenters. The zero-order valence-corrected chi connectivity index (χ0v) is 40.2. The van der Waals surface area contributed by atoms with Gasteiger partial charge >= 0.3 is 27.1 Å². The molecule has 0 aliphatic heterocycles. The summed E-state index contributed by atoms with van der Waals surface area (Å²) in [7, 11) is -4.22. The van der Waals surface area contributed by atoms with E-state index in [0.717, 1.165) is 15.6 Å². The van der Waals surface area contributed by atoms with Crippen LogP contribution in [0.25, 0.3) is 0 Å². The average molecular weight is 845 g/mol. The summed E-state index contributed by atoms with van der Waals surface area (Å²) in [5, 5.41) is 6.85. The number of hydrogen-bond acceptors (Lipinski definition) is 12. The summed E-state index contributed by atoms with van der Waals surface area (Å²) in [5.41, 5.74) is 0. The van der Waals surface area contributed by atoms with Crippen LogP contribution in [0.2, 0.25) is 39.3 Å². The van der Waals surface area contributed by atoms with Gasteiger partial charge in [0.25, 0.3) is 0 Å². The van der Waals surface area contributed by atoms with Gasteiger partial charge in [-0.15, -0.1) is 0 Å². The van der Waals surface area contributed by atoms with E-state index in [0.29, 0.717) is 0 Å². The third kappa shape index (κ3) is 10.4. The lowest BCUT2D eigenvalue weighted by Gasteiger charge is -2.33. The summed E-state index contributed by atoms with van der Waals surface area (Å²) in [4.78, 5) is 0. The highest BCUT2D eigenvalue weighted by Crippen LogP contribution is 2.33. The summed E-state index contributed by atoms with van der Waals surface area (Å²) >= 11 is 0. The summed E-state index contributed by atoms with van der Waals surface area (Å²) in [6.45, 7) is 12.7. The van der Waals surface area contributed by atoms with Crippen molar-refractivity contribution in [2.75, 3.05) is 64.0 Å². The Hall–Kier alpha value is -1.09. The molecule has 0 fully saturated rings. The highest BCUT2D eigenvalue weighted by molar-refractivity contribution is 7.79. The average Bonchev–Trinajstić information content (AvgIpc) is 3.16. The number of rotatable bonds is 21. The normalized spacial score (nSPS) is 13.6. The molecule has 0 aliphatic rings. The van der Waals surface area contributed by atoms with Gasteiger partial charge in [0.2, 0.25) is 25.0 Å².